The lowest BCUT2D eigenvalue weighted by molar-refractivity contribution is -0.136. The molecule has 0 bridgehead atoms. The van der Waals surface area contributed by atoms with E-state index >= 15 is 0 Å². The summed E-state index contributed by atoms with van der Waals surface area (Å²) in [5.41, 5.74) is -0.372. The van der Waals surface area contributed by atoms with Crippen LogP contribution in [0.1, 0.15) is 13.8 Å². The zero-order chi connectivity index (χ0) is 11.8. The number of amides is 1. The number of hydrogen-bond donors (Lipinski definition) is 2. The minimum absolute atomic E-state index is 0.158. The lowest BCUT2D eigenvalue weighted by Crippen LogP contribution is -2.66. The summed E-state index contributed by atoms with van der Waals surface area (Å²) >= 11 is 1.90. The predicted octanol–water partition coefficient (Wildman–Crippen LogP) is -0.0998. The minimum atomic E-state index is -0.372. The maximum Gasteiger partial charge on any atom is 0.240 e. The molecule has 2 N–H and O–H groups in total. The number of piperazine rings is 1. The zero-order valence-corrected chi connectivity index (χ0v) is 11.1. The molecule has 0 aromatic rings. The van der Waals surface area contributed by atoms with E-state index in [0.717, 1.165) is 26.2 Å². The lowest BCUT2D eigenvalue weighted by Gasteiger charge is -2.45. The minimum Gasteiger partial charge on any atom is -0.353 e. The van der Waals surface area contributed by atoms with Gasteiger partial charge in [0.15, 0.2) is 0 Å². The van der Waals surface area contributed by atoms with Gasteiger partial charge >= 0.3 is 0 Å². The van der Waals surface area contributed by atoms with E-state index in [4.69, 9.17) is 0 Å². The zero-order valence-electron chi connectivity index (χ0n) is 10.2. The quantitative estimate of drug-likeness (QED) is 0.711. The van der Waals surface area contributed by atoms with Gasteiger partial charge in [-0.25, -0.2) is 0 Å². The molecule has 0 aliphatic carbocycles. The van der Waals surface area contributed by atoms with Gasteiger partial charge in [-0.05, 0) is 20.1 Å². The third-order valence-electron chi connectivity index (χ3n) is 3.74. The van der Waals surface area contributed by atoms with Crippen molar-refractivity contribution >= 4 is 17.7 Å². The van der Waals surface area contributed by atoms with Gasteiger partial charge in [0.25, 0.3) is 0 Å². The topological polar surface area (TPSA) is 44.4 Å². The van der Waals surface area contributed by atoms with E-state index in [9.17, 15) is 4.79 Å². The van der Waals surface area contributed by atoms with Crippen LogP contribution in [-0.4, -0.2) is 60.1 Å². The Bertz CT molecular complexity index is 282. The number of carbonyl (C=O) groups excluding carboxylic acids is 1. The van der Waals surface area contributed by atoms with Gasteiger partial charge in [-0.3, -0.25) is 9.69 Å². The molecule has 2 unspecified atom stereocenters. The summed E-state index contributed by atoms with van der Waals surface area (Å²) < 4.78 is 0. The first kappa shape index (κ1) is 12.2. The van der Waals surface area contributed by atoms with Gasteiger partial charge in [-0.2, -0.15) is 11.8 Å². The summed E-state index contributed by atoms with van der Waals surface area (Å²) in [5, 5.41) is 6.98. The van der Waals surface area contributed by atoms with Crippen molar-refractivity contribution in [3.63, 3.8) is 0 Å². The Morgan fingerprint density at radius 3 is 2.88 bits per heavy atom. The molecular weight excluding hydrogens is 222 g/mol. The standard InChI is InChI=1S/C11H21N3OS/c1-11(2)10(15)13-4-5-14(11)8-6-12-7-9(8)16-3/h8-9,12H,4-7H2,1-3H3,(H,13,15). The number of rotatable bonds is 2. The Balaban J connectivity index is 2.15. The summed E-state index contributed by atoms with van der Waals surface area (Å²) in [7, 11) is 0. The second-order valence-electron chi connectivity index (χ2n) is 5.01. The molecule has 0 aromatic carbocycles. The van der Waals surface area contributed by atoms with Crippen LogP contribution in [0.2, 0.25) is 0 Å². The molecule has 1 amide bonds. The van der Waals surface area contributed by atoms with Crippen molar-refractivity contribution < 1.29 is 4.79 Å². The lowest BCUT2D eigenvalue weighted by atomic mass is 9.96. The average molecular weight is 243 g/mol. The maximum atomic E-state index is 11.9. The monoisotopic (exact) mass is 243 g/mol. The van der Waals surface area contributed by atoms with Gasteiger partial charge in [-0.1, -0.05) is 0 Å². The molecule has 16 heavy (non-hydrogen) atoms. The molecule has 4 nitrogen and oxygen atoms in total. The Morgan fingerprint density at radius 2 is 2.19 bits per heavy atom. The molecule has 92 valence electrons. The van der Waals surface area contributed by atoms with Crippen LogP contribution in [0.4, 0.5) is 0 Å². The molecule has 0 spiro atoms. The van der Waals surface area contributed by atoms with Crippen molar-refractivity contribution in [1.82, 2.24) is 15.5 Å². The van der Waals surface area contributed by atoms with E-state index in [-0.39, 0.29) is 11.4 Å². The van der Waals surface area contributed by atoms with Crippen molar-refractivity contribution in [3.05, 3.63) is 0 Å². The normalized spacial score (nSPS) is 35.1. The summed E-state index contributed by atoms with van der Waals surface area (Å²) in [5.74, 6) is 0.158. The Kier molecular flexibility index (Phi) is 3.47. The highest BCUT2D eigenvalue weighted by Gasteiger charge is 2.44. The molecule has 2 heterocycles. The highest BCUT2D eigenvalue weighted by Crippen LogP contribution is 2.27. The average Bonchev–Trinajstić information content (AvgIpc) is 2.69. The third kappa shape index (κ3) is 1.96. The first-order valence-corrected chi connectivity index (χ1v) is 7.14. The second kappa shape index (κ2) is 4.55. The van der Waals surface area contributed by atoms with E-state index in [2.05, 4.69) is 21.8 Å². The fraction of sp³-hybridized carbons (Fsp3) is 0.909. The Morgan fingerprint density at radius 1 is 1.44 bits per heavy atom. The van der Waals surface area contributed by atoms with Crippen molar-refractivity contribution in [2.75, 3.05) is 32.4 Å². The number of hydrogen-bond acceptors (Lipinski definition) is 4. The molecule has 5 heteroatoms. The Hall–Kier alpha value is -0.260. The molecule has 2 rings (SSSR count). The number of thioether (sulfide) groups is 1. The molecule has 2 saturated heterocycles. The van der Waals surface area contributed by atoms with Crippen LogP contribution in [0.25, 0.3) is 0 Å². The van der Waals surface area contributed by atoms with E-state index < -0.39 is 0 Å². The van der Waals surface area contributed by atoms with Gasteiger partial charge in [0.2, 0.25) is 5.91 Å². The van der Waals surface area contributed by atoms with Gasteiger partial charge in [0.1, 0.15) is 0 Å². The highest BCUT2D eigenvalue weighted by atomic mass is 32.2. The van der Waals surface area contributed by atoms with E-state index in [0.29, 0.717) is 11.3 Å². The molecule has 2 aliphatic heterocycles. The van der Waals surface area contributed by atoms with Crippen LogP contribution in [-0.2, 0) is 4.79 Å². The fourth-order valence-corrected chi connectivity index (χ4v) is 3.53. The van der Waals surface area contributed by atoms with Crippen molar-refractivity contribution in [1.29, 1.82) is 0 Å². The highest BCUT2D eigenvalue weighted by molar-refractivity contribution is 7.99. The molecule has 2 fully saturated rings. The van der Waals surface area contributed by atoms with Crippen LogP contribution in [0.3, 0.4) is 0 Å². The molecule has 0 radical (unpaired) electrons. The summed E-state index contributed by atoms with van der Waals surface area (Å²) in [6.45, 7) is 7.85. The molecule has 0 aromatic heterocycles. The van der Waals surface area contributed by atoms with Crippen LogP contribution < -0.4 is 10.6 Å². The largest absolute Gasteiger partial charge is 0.353 e. The van der Waals surface area contributed by atoms with Crippen LogP contribution in [0.5, 0.6) is 0 Å². The summed E-state index contributed by atoms with van der Waals surface area (Å²) in [6, 6.07) is 0.482. The summed E-state index contributed by atoms with van der Waals surface area (Å²) in [4.78, 5) is 14.3. The fourth-order valence-electron chi connectivity index (χ4n) is 2.69. The van der Waals surface area contributed by atoms with Gasteiger partial charge in [-0.15, -0.1) is 0 Å². The van der Waals surface area contributed by atoms with E-state index in [1.165, 1.54) is 0 Å². The van der Waals surface area contributed by atoms with Crippen molar-refractivity contribution in [3.8, 4) is 0 Å². The SMILES string of the molecule is CSC1CNCC1N1CCNC(=O)C1(C)C. The molecule has 2 aliphatic rings. The van der Waals surface area contributed by atoms with Gasteiger partial charge in [0.05, 0.1) is 5.54 Å². The van der Waals surface area contributed by atoms with Gasteiger partial charge in [0, 0.05) is 37.5 Å². The van der Waals surface area contributed by atoms with E-state index in [1.807, 2.05) is 25.6 Å². The predicted molar refractivity (Wildman–Crippen MR) is 67.8 cm³/mol. The molecule has 2 atom stereocenters. The smallest absolute Gasteiger partial charge is 0.240 e. The molecule has 0 saturated carbocycles. The maximum absolute atomic E-state index is 11.9. The first-order valence-electron chi connectivity index (χ1n) is 5.86. The van der Waals surface area contributed by atoms with Crippen LogP contribution >= 0.6 is 11.8 Å². The number of nitrogens with zero attached hydrogens (tertiary/aromatic N) is 1. The summed E-state index contributed by atoms with van der Waals surface area (Å²) in [6.07, 6.45) is 2.15. The number of nitrogens with one attached hydrogen (secondary N) is 2. The second-order valence-corrected chi connectivity index (χ2v) is 6.08. The van der Waals surface area contributed by atoms with Crippen molar-refractivity contribution in [2.45, 2.75) is 30.7 Å². The van der Waals surface area contributed by atoms with Crippen molar-refractivity contribution in [2.24, 2.45) is 0 Å². The van der Waals surface area contributed by atoms with Crippen LogP contribution in [0, 0.1) is 0 Å². The van der Waals surface area contributed by atoms with Crippen LogP contribution in [0.15, 0.2) is 0 Å². The third-order valence-corrected chi connectivity index (χ3v) is 4.83. The Labute approximate surface area is 102 Å². The molecular formula is C11H21N3OS. The first-order chi connectivity index (χ1) is 7.57. The van der Waals surface area contributed by atoms with E-state index in [1.54, 1.807) is 0 Å². The number of carbonyl (C=O) groups is 1. The van der Waals surface area contributed by atoms with Gasteiger partial charge < -0.3 is 10.6 Å².